The number of nitrogens with zero attached hydrogens (tertiary/aromatic N) is 3. The minimum absolute atomic E-state index is 0.159. The average molecular weight is 343 g/mol. The van der Waals surface area contributed by atoms with Crippen LogP contribution < -0.4 is 0 Å². The number of non-ortho nitro benzene ring substituents is 1. The van der Waals surface area contributed by atoms with Crippen molar-refractivity contribution in [2.24, 2.45) is 0 Å². The van der Waals surface area contributed by atoms with Gasteiger partial charge in [0, 0.05) is 40.7 Å². The minimum atomic E-state index is -3.29. The van der Waals surface area contributed by atoms with E-state index in [1.165, 1.54) is 24.3 Å². The molecule has 1 aliphatic heterocycles. The molecule has 1 heterocycles. The van der Waals surface area contributed by atoms with Crippen molar-refractivity contribution >= 4 is 17.7 Å². The normalized spacial score (nSPS) is 24.6. The fourth-order valence-electron chi connectivity index (χ4n) is 2.34. The molecule has 9 heteroatoms. The quantitative estimate of drug-likeness (QED) is 0.638. The lowest BCUT2D eigenvalue weighted by molar-refractivity contribution is -0.384. The van der Waals surface area contributed by atoms with Crippen molar-refractivity contribution in [2.45, 2.75) is 25.2 Å². The summed E-state index contributed by atoms with van der Waals surface area (Å²) < 4.78 is 49.1. The van der Waals surface area contributed by atoms with Crippen molar-refractivity contribution in [3.8, 4) is 0 Å². The summed E-state index contributed by atoms with van der Waals surface area (Å²) in [4.78, 5) is 35.6. The summed E-state index contributed by atoms with van der Waals surface area (Å²) in [6.07, 6.45) is -2.60. The second-order valence-electron chi connectivity index (χ2n) is 5.21. The van der Waals surface area contributed by atoms with Crippen LogP contribution >= 0.6 is 0 Å². The molecular weight excluding hydrogens is 318 g/mol. The average Bonchev–Trinajstić information content (AvgIpc) is 2.99. The van der Waals surface area contributed by atoms with Gasteiger partial charge in [-0.15, -0.1) is 0 Å². The molecule has 0 aromatic heterocycles. The highest BCUT2D eigenvalue weighted by atomic mass is 16.6. The second-order valence-corrected chi connectivity index (χ2v) is 5.21. The van der Waals surface area contributed by atoms with Gasteiger partial charge in [-0.05, 0) is 17.7 Å². The standard InChI is InChI=1S/C15H19N3O6/c1-16(2)14(20)13-7-12(19)8-17(13)15(21)24-9-10-3-5-11(6-4-10)18(22)23/h3-6,12-13,19H,7-9H2,1-2H3/t12-,13+/m1/s1/i1D3,2D3. The number of aliphatic hydroxyl groups excluding tert-OH is 1. The van der Waals surface area contributed by atoms with Crippen LogP contribution in [0.2, 0.25) is 0 Å². The van der Waals surface area contributed by atoms with Gasteiger partial charge in [0.25, 0.3) is 5.69 Å². The minimum Gasteiger partial charge on any atom is -0.445 e. The number of β-amino-alcohol motifs (C(OH)–C–C–N with tert-alkyl or cyclic N) is 1. The van der Waals surface area contributed by atoms with Gasteiger partial charge in [-0.2, -0.15) is 0 Å². The Hall–Kier alpha value is -2.68. The van der Waals surface area contributed by atoms with Crippen molar-refractivity contribution < 1.29 is 32.6 Å². The molecule has 0 unspecified atom stereocenters. The van der Waals surface area contributed by atoms with Crippen LogP contribution in [0.15, 0.2) is 24.3 Å². The van der Waals surface area contributed by atoms with Crippen molar-refractivity contribution in [3.05, 3.63) is 39.9 Å². The van der Waals surface area contributed by atoms with E-state index in [1.807, 2.05) is 0 Å². The Morgan fingerprint density at radius 2 is 2.12 bits per heavy atom. The Morgan fingerprint density at radius 3 is 2.71 bits per heavy atom. The summed E-state index contributed by atoms with van der Waals surface area (Å²) in [6, 6.07) is 3.60. The van der Waals surface area contributed by atoms with Crippen molar-refractivity contribution in [3.63, 3.8) is 0 Å². The third kappa shape index (κ3) is 3.99. The SMILES string of the molecule is [2H]C([2H])([2H])N(C(=O)[C@@H]1C[C@@H](O)CN1C(=O)OCc1ccc([N+](=O)[O-])cc1)C([2H])([2H])[2H]. The molecule has 0 radical (unpaired) electrons. The lowest BCUT2D eigenvalue weighted by atomic mass is 10.2. The summed E-state index contributed by atoms with van der Waals surface area (Å²) >= 11 is 0. The highest BCUT2D eigenvalue weighted by Gasteiger charge is 2.40. The molecule has 1 N–H and O–H groups in total. The van der Waals surface area contributed by atoms with E-state index in [1.54, 1.807) is 0 Å². The number of nitro groups is 1. The molecule has 130 valence electrons. The predicted octanol–water partition coefficient (Wildman–Crippen LogP) is 0.755. The van der Waals surface area contributed by atoms with E-state index >= 15 is 0 Å². The molecule has 0 saturated carbocycles. The zero-order valence-corrected chi connectivity index (χ0v) is 12.4. The smallest absolute Gasteiger partial charge is 0.410 e. The van der Waals surface area contributed by atoms with E-state index in [4.69, 9.17) is 13.0 Å². The number of hydrogen-bond acceptors (Lipinski definition) is 6. The van der Waals surface area contributed by atoms with Crippen molar-refractivity contribution in [1.82, 2.24) is 9.80 Å². The van der Waals surface area contributed by atoms with Crippen LogP contribution in [-0.4, -0.2) is 64.5 Å². The molecule has 1 fully saturated rings. The van der Waals surface area contributed by atoms with Gasteiger partial charge in [-0.25, -0.2) is 4.79 Å². The van der Waals surface area contributed by atoms with Gasteiger partial charge in [0.2, 0.25) is 5.91 Å². The van der Waals surface area contributed by atoms with Gasteiger partial charge in [-0.3, -0.25) is 19.8 Å². The van der Waals surface area contributed by atoms with E-state index in [2.05, 4.69) is 0 Å². The van der Waals surface area contributed by atoms with Gasteiger partial charge >= 0.3 is 6.09 Å². The molecule has 1 aliphatic rings. The van der Waals surface area contributed by atoms with E-state index in [9.17, 15) is 24.8 Å². The highest BCUT2D eigenvalue weighted by molar-refractivity contribution is 5.86. The number of likely N-dealkylation sites (tertiary alicyclic amines) is 1. The summed E-state index contributed by atoms with van der Waals surface area (Å²) in [5, 5.41) is 20.5. The topological polar surface area (TPSA) is 113 Å². The molecule has 2 atom stereocenters. The number of carbonyl (C=O) groups excluding carboxylic acids is 2. The number of benzene rings is 1. The summed E-state index contributed by atoms with van der Waals surface area (Å²) in [7, 11) is 0. The third-order valence-electron chi connectivity index (χ3n) is 3.53. The van der Waals surface area contributed by atoms with Crippen LogP contribution in [0.3, 0.4) is 0 Å². The van der Waals surface area contributed by atoms with Crippen LogP contribution in [0.25, 0.3) is 0 Å². The van der Waals surface area contributed by atoms with Crippen LogP contribution in [0.5, 0.6) is 0 Å². The number of hydrogen-bond donors (Lipinski definition) is 1. The first kappa shape index (κ1) is 11.0. The number of rotatable bonds is 4. The predicted molar refractivity (Wildman–Crippen MR) is 83.1 cm³/mol. The van der Waals surface area contributed by atoms with Gasteiger partial charge in [-0.1, -0.05) is 0 Å². The molecule has 24 heavy (non-hydrogen) atoms. The lowest BCUT2D eigenvalue weighted by Gasteiger charge is -2.25. The van der Waals surface area contributed by atoms with Crippen LogP contribution in [0.4, 0.5) is 10.5 Å². The number of amides is 2. The van der Waals surface area contributed by atoms with Gasteiger partial charge in [0.05, 0.1) is 17.6 Å². The first-order valence-corrected chi connectivity index (χ1v) is 6.91. The maximum atomic E-state index is 12.7. The Kier molecular flexibility index (Phi) is 3.32. The van der Waals surface area contributed by atoms with Crippen molar-refractivity contribution in [1.29, 1.82) is 0 Å². The zero-order valence-electron chi connectivity index (χ0n) is 18.4. The maximum absolute atomic E-state index is 12.7. The molecular formula is C15H19N3O6. The van der Waals surface area contributed by atoms with E-state index in [0.29, 0.717) is 5.56 Å². The molecule has 1 aromatic carbocycles. The highest BCUT2D eigenvalue weighted by Crippen LogP contribution is 2.21. The number of carbonyl (C=O) groups is 2. The maximum Gasteiger partial charge on any atom is 0.410 e. The van der Waals surface area contributed by atoms with Crippen molar-refractivity contribution in [2.75, 3.05) is 20.5 Å². The first-order chi connectivity index (χ1) is 13.7. The fraction of sp³-hybridized carbons (Fsp3) is 0.467. The molecule has 2 amide bonds. The van der Waals surface area contributed by atoms with Gasteiger partial charge in [0.15, 0.2) is 0 Å². The Bertz CT molecular complexity index is 799. The molecule has 0 bridgehead atoms. The Labute approximate surface area is 147 Å². The largest absolute Gasteiger partial charge is 0.445 e. The van der Waals surface area contributed by atoms with E-state index < -0.39 is 43.0 Å². The lowest BCUT2D eigenvalue weighted by Crippen LogP contribution is -2.45. The molecule has 9 nitrogen and oxygen atoms in total. The zero-order chi connectivity index (χ0) is 22.9. The number of ether oxygens (including phenoxy) is 1. The Balaban J connectivity index is 2.13. The Morgan fingerprint density at radius 1 is 1.46 bits per heavy atom. The van der Waals surface area contributed by atoms with Crippen LogP contribution in [0, 0.1) is 10.1 Å². The van der Waals surface area contributed by atoms with Crippen LogP contribution in [0.1, 0.15) is 20.2 Å². The molecule has 0 spiro atoms. The number of aliphatic hydroxyl groups is 1. The van der Waals surface area contributed by atoms with E-state index in [-0.39, 0.29) is 30.2 Å². The number of likely N-dealkylation sites (N-methyl/N-ethyl adjacent to an activating group) is 1. The molecule has 1 aromatic rings. The van der Waals surface area contributed by atoms with Gasteiger partial charge < -0.3 is 14.7 Å². The first-order valence-electron chi connectivity index (χ1n) is 9.91. The molecule has 0 aliphatic carbocycles. The number of nitro benzene ring substituents is 1. The fourth-order valence-corrected chi connectivity index (χ4v) is 2.34. The summed E-state index contributed by atoms with van der Waals surface area (Å²) in [6.45, 7) is -7.24. The van der Waals surface area contributed by atoms with Gasteiger partial charge in [0.1, 0.15) is 12.6 Å². The second kappa shape index (κ2) is 7.26. The molecule has 1 saturated heterocycles. The summed E-state index contributed by atoms with van der Waals surface area (Å²) in [5.74, 6) is -1.36. The van der Waals surface area contributed by atoms with E-state index in [0.717, 1.165) is 4.90 Å². The third-order valence-corrected chi connectivity index (χ3v) is 3.53. The summed E-state index contributed by atoms with van der Waals surface area (Å²) in [5.41, 5.74) is 0.246. The molecule has 2 rings (SSSR count). The monoisotopic (exact) mass is 343 g/mol. The van der Waals surface area contributed by atoms with Crippen LogP contribution in [-0.2, 0) is 16.1 Å².